The highest BCUT2D eigenvalue weighted by atomic mass is 35.5. The molecule has 92 valence electrons. The van der Waals surface area contributed by atoms with Gasteiger partial charge in [0.25, 0.3) is 0 Å². The van der Waals surface area contributed by atoms with Crippen LogP contribution in [0.1, 0.15) is 13.8 Å². The third-order valence-corrected chi connectivity index (χ3v) is 4.22. The van der Waals surface area contributed by atoms with E-state index in [1.54, 1.807) is 0 Å². The molecule has 4 nitrogen and oxygen atoms in total. The fourth-order valence-corrected chi connectivity index (χ4v) is 3.19. The van der Waals surface area contributed by atoms with Crippen LogP contribution in [0.3, 0.4) is 0 Å². The molecule has 1 N–H and O–H groups in total. The molecule has 7 heteroatoms. The summed E-state index contributed by atoms with van der Waals surface area (Å²) in [5, 5.41) is 9.10. The van der Waals surface area contributed by atoms with Crippen LogP contribution in [0.4, 0.5) is 0 Å². The zero-order chi connectivity index (χ0) is 13.3. The van der Waals surface area contributed by atoms with E-state index in [0.717, 1.165) is 0 Å². The molecule has 0 amide bonds. The maximum absolute atomic E-state index is 12.0. The molecule has 0 radical (unpaired) electrons. The van der Waals surface area contributed by atoms with E-state index in [2.05, 4.69) is 4.72 Å². The molecule has 0 bridgehead atoms. The predicted octanol–water partition coefficient (Wildman–Crippen LogP) is 2.57. The molecule has 0 aliphatic carbocycles. The molecule has 1 aromatic rings. The van der Waals surface area contributed by atoms with Crippen molar-refractivity contribution in [3.8, 4) is 6.07 Å². The first kappa shape index (κ1) is 14.3. The number of hydrogen-bond acceptors (Lipinski definition) is 3. The van der Waals surface area contributed by atoms with Crippen LogP contribution in [0.25, 0.3) is 0 Å². The Kier molecular flexibility index (Phi) is 4.05. The zero-order valence-electron chi connectivity index (χ0n) is 9.16. The van der Waals surface area contributed by atoms with E-state index in [0.29, 0.717) is 0 Å². The lowest BCUT2D eigenvalue weighted by atomic mass is 10.1. The van der Waals surface area contributed by atoms with E-state index < -0.39 is 15.6 Å². The molecule has 1 rings (SSSR count). The molecule has 0 saturated carbocycles. The number of nitrogens with one attached hydrogen (secondary N) is 1. The zero-order valence-corrected chi connectivity index (χ0v) is 11.5. The van der Waals surface area contributed by atoms with Gasteiger partial charge in [0, 0.05) is 5.02 Å². The number of nitriles is 1. The highest BCUT2D eigenvalue weighted by Gasteiger charge is 2.27. The van der Waals surface area contributed by atoms with Crippen molar-refractivity contribution in [1.82, 2.24) is 4.72 Å². The van der Waals surface area contributed by atoms with Crippen LogP contribution >= 0.6 is 23.2 Å². The van der Waals surface area contributed by atoms with Crippen LogP contribution in [0.2, 0.25) is 10.0 Å². The Labute approximate surface area is 110 Å². The molecular weight excluding hydrogens is 283 g/mol. The second kappa shape index (κ2) is 4.83. The van der Waals surface area contributed by atoms with Crippen molar-refractivity contribution in [2.24, 2.45) is 0 Å². The first-order valence-electron chi connectivity index (χ1n) is 4.58. The number of benzene rings is 1. The predicted molar refractivity (Wildman–Crippen MR) is 66.5 cm³/mol. The summed E-state index contributed by atoms with van der Waals surface area (Å²) in [5.41, 5.74) is -1.22. The van der Waals surface area contributed by atoms with Crippen molar-refractivity contribution in [1.29, 1.82) is 5.26 Å². The molecule has 0 saturated heterocycles. The smallest absolute Gasteiger partial charge is 0.207 e. The van der Waals surface area contributed by atoms with Crippen LogP contribution in [-0.2, 0) is 10.0 Å². The van der Waals surface area contributed by atoms with Gasteiger partial charge in [-0.15, -0.1) is 0 Å². The van der Waals surface area contributed by atoms with Gasteiger partial charge in [0.2, 0.25) is 10.0 Å². The summed E-state index contributed by atoms with van der Waals surface area (Å²) in [4.78, 5) is -0.144. The summed E-state index contributed by atoms with van der Waals surface area (Å²) >= 11 is 11.5. The van der Waals surface area contributed by atoms with Gasteiger partial charge in [-0.1, -0.05) is 23.2 Å². The second-order valence-corrected chi connectivity index (χ2v) is 6.41. The fourth-order valence-electron chi connectivity index (χ4n) is 1.10. The number of hydrogen-bond donors (Lipinski definition) is 1. The Morgan fingerprint density at radius 2 is 1.94 bits per heavy atom. The summed E-state index contributed by atoms with van der Waals surface area (Å²) in [6.07, 6.45) is 0. The largest absolute Gasteiger partial charge is 0.243 e. The van der Waals surface area contributed by atoms with Gasteiger partial charge in [0.05, 0.1) is 11.1 Å². The normalized spacial score (nSPS) is 12.2. The number of rotatable bonds is 3. The minimum Gasteiger partial charge on any atom is -0.207 e. The lowest BCUT2D eigenvalue weighted by Gasteiger charge is -2.18. The monoisotopic (exact) mass is 292 g/mol. The number of nitrogens with zero attached hydrogens (tertiary/aromatic N) is 1. The topological polar surface area (TPSA) is 70.0 Å². The van der Waals surface area contributed by atoms with Gasteiger partial charge in [-0.05, 0) is 32.0 Å². The van der Waals surface area contributed by atoms with Crippen LogP contribution in [-0.4, -0.2) is 14.0 Å². The summed E-state index contributed by atoms with van der Waals surface area (Å²) < 4.78 is 26.2. The molecule has 0 atom stereocenters. The molecule has 0 unspecified atom stereocenters. The van der Waals surface area contributed by atoms with Crippen LogP contribution in [0.5, 0.6) is 0 Å². The first-order valence-corrected chi connectivity index (χ1v) is 6.82. The molecule has 0 heterocycles. The van der Waals surface area contributed by atoms with Crippen molar-refractivity contribution in [2.75, 3.05) is 0 Å². The standard InChI is InChI=1S/C10H10Cl2N2O2S/c1-10(2,6-13)14-17(15,16)9-5-7(11)3-4-8(9)12/h3-5,14H,1-2H3. The van der Waals surface area contributed by atoms with Gasteiger partial charge in [-0.25, -0.2) is 8.42 Å². The fraction of sp³-hybridized carbons (Fsp3) is 0.300. The van der Waals surface area contributed by atoms with Crippen molar-refractivity contribution in [3.63, 3.8) is 0 Å². The second-order valence-electron chi connectivity index (χ2n) is 3.92. The van der Waals surface area contributed by atoms with E-state index in [4.69, 9.17) is 28.5 Å². The van der Waals surface area contributed by atoms with Gasteiger partial charge in [-0.2, -0.15) is 9.98 Å². The molecule has 1 aromatic carbocycles. The average Bonchev–Trinajstić information content (AvgIpc) is 2.20. The van der Waals surface area contributed by atoms with Crippen LogP contribution < -0.4 is 4.72 Å². The van der Waals surface area contributed by atoms with E-state index in [1.165, 1.54) is 32.0 Å². The van der Waals surface area contributed by atoms with Crippen molar-refractivity contribution in [2.45, 2.75) is 24.3 Å². The minimum absolute atomic E-state index is 0.0515. The molecule has 0 aromatic heterocycles. The molecule has 0 aliphatic heterocycles. The Morgan fingerprint density at radius 1 is 1.35 bits per heavy atom. The highest BCUT2D eigenvalue weighted by molar-refractivity contribution is 7.89. The Hall–Kier alpha value is -0.800. The summed E-state index contributed by atoms with van der Waals surface area (Å²) in [6, 6.07) is 5.94. The highest BCUT2D eigenvalue weighted by Crippen LogP contribution is 2.25. The number of sulfonamides is 1. The molecule has 0 aliphatic rings. The van der Waals surface area contributed by atoms with Crippen LogP contribution in [0, 0.1) is 11.3 Å². The average molecular weight is 293 g/mol. The quantitative estimate of drug-likeness (QED) is 0.931. The van der Waals surface area contributed by atoms with Gasteiger partial charge >= 0.3 is 0 Å². The minimum atomic E-state index is -3.87. The van der Waals surface area contributed by atoms with Crippen molar-refractivity contribution >= 4 is 33.2 Å². The molecular formula is C10H10Cl2N2O2S. The summed E-state index contributed by atoms with van der Waals surface area (Å²) in [7, 11) is -3.87. The van der Waals surface area contributed by atoms with E-state index in [-0.39, 0.29) is 14.9 Å². The third-order valence-electron chi connectivity index (χ3n) is 1.85. The van der Waals surface area contributed by atoms with Crippen molar-refractivity contribution < 1.29 is 8.42 Å². The maximum atomic E-state index is 12.0. The van der Waals surface area contributed by atoms with Crippen LogP contribution in [0.15, 0.2) is 23.1 Å². The Bertz CT molecular complexity index is 576. The lowest BCUT2D eigenvalue weighted by Crippen LogP contribution is -2.42. The number of halogens is 2. The SMILES string of the molecule is CC(C)(C#N)NS(=O)(=O)c1cc(Cl)ccc1Cl. The van der Waals surface area contributed by atoms with Gasteiger partial charge < -0.3 is 0 Å². The van der Waals surface area contributed by atoms with E-state index >= 15 is 0 Å². The maximum Gasteiger partial charge on any atom is 0.243 e. The van der Waals surface area contributed by atoms with Gasteiger partial charge in [0.15, 0.2) is 0 Å². The summed E-state index contributed by atoms with van der Waals surface area (Å²) in [6.45, 7) is 2.89. The molecule has 0 spiro atoms. The lowest BCUT2D eigenvalue weighted by molar-refractivity contribution is 0.536. The molecule has 0 fully saturated rings. The van der Waals surface area contributed by atoms with E-state index in [1.807, 2.05) is 6.07 Å². The first-order chi connectivity index (χ1) is 7.68. The summed E-state index contributed by atoms with van der Waals surface area (Å²) in [5.74, 6) is 0. The van der Waals surface area contributed by atoms with E-state index in [9.17, 15) is 8.42 Å². The van der Waals surface area contributed by atoms with Crippen molar-refractivity contribution in [3.05, 3.63) is 28.2 Å². The van der Waals surface area contributed by atoms with Gasteiger partial charge in [-0.3, -0.25) is 0 Å². The Balaban J connectivity index is 3.24. The van der Waals surface area contributed by atoms with Gasteiger partial charge in [0.1, 0.15) is 10.4 Å². The molecule has 17 heavy (non-hydrogen) atoms. The third kappa shape index (κ3) is 3.58. The Morgan fingerprint density at radius 3 is 2.47 bits per heavy atom.